The third-order valence-electron chi connectivity index (χ3n) is 3.66. The summed E-state index contributed by atoms with van der Waals surface area (Å²) in [6, 6.07) is 5.68. The van der Waals surface area contributed by atoms with E-state index in [0.717, 1.165) is 23.3 Å². The molecule has 1 aromatic carbocycles. The largest absolute Gasteiger partial charge is 0.493 e. The zero-order valence-corrected chi connectivity index (χ0v) is 10.4. The van der Waals surface area contributed by atoms with Crippen LogP contribution < -0.4 is 10.1 Å². The van der Waals surface area contributed by atoms with Crippen LogP contribution in [0.25, 0.3) is 0 Å². The molecule has 1 heterocycles. The summed E-state index contributed by atoms with van der Waals surface area (Å²) in [6.45, 7) is 0.688. The van der Waals surface area contributed by atoms with E-state index in [-0.39, 0.29) is 12.3 Å². The number of rotatable bonds is 4. The molecule has 100 valence electrons. The Morgan fingerprint density at radius 2 is 2.16 bits per heavy atom. The molecule has 5 heteroatoms. The van der Waals surface area contributed by atoms with Crippen molar-refractivity contribution in [1.29, 1.82) is 0 Å². The average Bonchev–Trinajstić information content (AvgIpc) is 2.99. The van der Waals surface area contributed by atoms with Gasteiger partial charge < -0.3 is 15.2 Å². The summed E-state index contributed by atoms with van der Waals surface area (Å²) in [4.78, 5) is 22.9. The van der Waals surface area contributed by atoms with Crippen molar-refractivity contribution in [2.75, 3.05) is 6.61 Å². The minimum absolute atomic E-state index is 0.211. The SMILES string of the molecule is O=C(Cc1ccc2c(c1)CCO2)NC1(C(=O)O)CC1. The van der Waals surface area contributed by atoms with E-state index in [9.17, 15) is 9.59 Å². The van der Waals surface area contributed by atoms with Crippen molar-refractivity contribution < 1.29 is 19.4 Å². The van der Waals surface area contributed by atoms with Crippen LogP contribution in [0.15, 0.2) is 18.2 Å². The number of hydrogen-bond acceptors (Lipinski definition) is 3. The second-order valence-electron chi connectivity index (χ2n) is 5.15. The number of aliphatic carboxylic acids is 1. The van der Waals surface area contributed by atoms with E-state index in [1.807, 2.05) is 18.2 Å². The number of carboxylic acids is 1. The molecule has 1 amide bonds. The highest BCUT2D eigenvalue weighted by atomic mass is 16.5. The first kappa shape index (κ1) is 12.0. The highest BCUT2D eigenvalue weighted by Crippen LogP contribution is 2.35. The molecule has 0 unspecified atom stereocenters. The van der Waals surface area contributed by atoms with Crippen LogP contribution in [0.4, 0.5) is 0 Å². The van der Waals surface area contributed by atoms with E-state index in [1.54, 1.807) is 0 Å². The van der Waals surface area contributed by atoms with Gasteiger partial charge in [-0.2, -0.15) is 0 Å². The van der Waals surface area contributed by atoms with E-state index in [4.69, 9.17) is 9.84 Å². The van der Waals surface area contributed by atoms with E-state index >= 15 is 0 Å². The first-order valence-electron chi connectivity index (χ1n) is 6.38. The molecule has 19 heavy (non-hydrogen) atoms. The van der Waals surface area contributed by atoms with Crippen LogP contribution in [0.3, 0.4) is 0 Å². The molecule has 0 saturated heterocycles. The van der Waals surface area contributed by atoms with Gasteiger partial charge in [-0.25, -0.2) is 4.79 Å². The van der Waals surface area contributed by atoms with E-state index in [2.05, 4.69) is 5.32 Å². The van der Waals surface area contributed by atoms with Crippen LogP contribution in [-0.4, -0.2) is 29.1 Å². The molecule has 1 aliphatic heterocycles. The van der Waals surface area contributed by atoms with Crippen LogP contribution in [0.2, 0.25) is 0 Å². The molecule has 0 bridgehead atoms. The molecule has 0 spiro atoms. The zero-order chi connectivity index (χ0) is 13.5. The first-order chi connectivity index (χ1) is 9.09. The second-order valence-corrected chi connectivity index (χ2v) is 5.15. The Hall–Kier alpha value is -2.04. The minimum atomic E-state index is -1.00. The van der Waals surface area contributed by atoms with Gasteiger partial charge in [-0.1, -0.05) is 12.1 Å². The Morgan fingerprint density at radius 3 is 2.84 bits per heavy atom. The number of carboxylic acid groups (broad SMARTS) is 1. The number of amides is 1. The lowest BCUT2D eigenvalue weighted by atomic mass is 10.1. The maximum atomic E-state index is 11.9. The standard InChI is InChI=1S/C14H15NO4/c16-12(15-14(4-5-14)13(17)18)8-9-1-2-11-10(7-9)3-6-19-11/h1-2,7H,3-6,8H2,(H,15,16)(H,17,18). The van der Waals surface area contributed by atoms with Gasteiger partial charge in [0.05, 0.1) is 13.0 Å². The Morgan fingerprint density at radius 1 is 1.37 bits per heavy atom. The smallest absolute Gasteiger partial charge is 0.329 e. The van der Waals surface area contributed by atoms with Crippen molar-refractivity contribution in [2.45, 2.75) is 31.2 Å². The summed E-state index contributed by atoms with van der Waals surface area (Å²) in [5, 5.41) is 11.6. The Kier molecular flexibility index (Phi) is 2.69. The van der Waals surface area contributed by atoms with Crippen molar-refractivity contribution in [3.63, 3.8) is 0 Å². The van der Waals surface area contributed by atoms with Gasteiger partial charge in [0.25, 0.3) is 0 Å². The molecule has 5 nitrogen and oxygen atoms in total. The van der Waals surface area contributed by atoms with Crippen molar-refractivity contribution in [2.24, 2.45) is 0 Å². The van der Waals surface area contributed by atoms with Gasteiger partial charge in [0.15, 0.2) is 0 Å². The summed E-state index contributed by atoms with van der Waals surface area (Å²) in [5.41, 5.74) is 1.00. The number of nitrogens with one attached hydrogen (secondary N) is 1. The van der Waals surface area contributed by atoms with Crippen molar-refractivity contribution in [1.82, 2.24) is 5.32 Å². The maximum Gasteiger partial charge on any atom is 0.329 e. The molecular formula is C14H15NO4. The molecule has 2 aliphatic rings. The summed E-state index contributed by atoms with van der Waals surface area (Å²) in [7, 11) is 0. The molecule has 1 saturated carbocycles. The van der Waals surface area contributed by atoms with E-state index in [1.165, 1.54) is 0 Å². The van der Waals surface area contributed by atoms with Crippen LogP contribution >= 0.6 is 0 Å². The number of hydrogen-bond donors (Lipinski definition) is 2. The number of carbonyl (C=O) groups is 2. The van der Waals surface area contributed by atoms with Gasteiger partial charge in [0, 0.05) is 6.42 Å². The summed E-state index contributed by atoms with van der Waals surface area (Å²) in [6.07, 6.45) is 2.12. The fourth-order valence-corrected chi connectivity index (χ4v) is 2.36. The second kappa shape index (κ2) is 4.26. The highest BCUT2D eigenvalue weighted by molar-refractivity contribution is 5.90. The van der Waals surface area contributed by atoms with Gasteiger partial charge in [-0.15, -0.1) is 0 Å². The Balaban J connectivity index is 1.65. The van der Waals surface area contributed by atoms with Crippen LogP contribution in [-0.2, 0) is 22.4 Å². The summed E-state index contributed by atoms with van der Waals surface area (Å²) < 4.78 is 5.40. The summed E-state index contributed by atoms with van der Waals surface area (Å²) >= 11 is 0. The third-order valence-corrected chi connectivity index (χ3v) is 3.66. The number of carbonyl (C=O) groups excluding carboxylic acids is 1. The monoisotopic (exact) mass is 261 g/mol. The van der Waals surface area contributed by atoms with Crippen molar-refractivity contribution >= 4 is 11.9 Å². The molecule has 0 aromatic heterocycles. The fraction of sp³-hybridized carbons (Fsp3) is 0.429. The zero-order valence-electron chi connectivity index (χ0n) is 10.4. The predicted octanol–water partition coefficient (Wildman–Crippen LogP) is 0.897. The van der Waals surface area contributed by atoms with Crippen LogP contribution in [0.5, 0.6) is 5.75 Å². The Bertz CT molecular complexity index is 548. The predicted molar refractivity (Wildman–Crippen MR) is 67.1 cm³/mol. The van der Waals surface area contributed by atoms with Gasteiger partial charge >= 0.3 is 5.97 Å². The molecule has 1 aromatic rings. The lowest BCUT2D eigenvalue weighted by Crippen LogP contribution is -2.43. The van der Waals surface area contributed by atoms with Gasteiger partial charge in [-0.05, 0) is 30.0 Å². The number of fused-ring (bicyclic) bond motifs is 1. The Labute approximate surface area is 110 Å². The van der Waals surface area contributed by atoms with Gasteiger partial charge in [0.2, 0.25) is 5.91 Å². The molecule has 3 rings (SSSR count). The molecule has 1 fully saturated rings. The molecular weight excluding hydrogens is 246 g/mol. The average molecular weight is 261 g/mol. The number of ether oxygens (including phenoxy) is 1. The van der Waals surface area contributed by atoms with Gasteiger partial charge in [0.1, 0.15) is 11.3 Å². The van der Waals surface area contributed by atoms with Crippen LogP contribution in [0, 0.1) is 0 Å². The lowest BCUT2D eigenvalue weighted by Gasteiger charge is -2.12. The van der Waals surface area contributed by atoms with E-state index < -0.39 is 11.5 Å². The van der Waals surface area contributed by atoms with Crippen LogP contribution in [0.1, 0.15) is 24.0 Å². The van der Waals surface area contributed by atoms with Crippen molar-refractivity contribution in [3.8, 4) is 5.75 Å². The fourth-order valence-electron chi connectivity index (χ4n) is 2.36. The summed E-state index contributed by atoms with van der Waals surface area (Å²) in [5.74, 6) is -0.296. The normalized spacial score (nSPS) is 18.3. The highest BCUT2D eigenvalue weighted by Gasteiger charge is 2.51. The van der Waals surface area contributed by atoms with Crippen molar-refractivity contribution in [3.05, 3.63) is 29.3 Å². The number of benzene rings is 1. The lowest BCUT2D eigenvalue weighted by molar-refractivity contribution is -0.143. The molecule has 0 atom stereocenters. The van der Waals surface area contributed by atoms with E-state index in [0.29, 0.717) is 19.4 Å². The maximum absolute atomic E-state index is 11.9. The molecule has 1 aliphatic carbocycles. The third kappa shape index (κ3) is 2.28. The topological polar surface area (TPSA) is 75.6 Å². The molecule has 0 radical (unpaired) electrons. The minimum Gasteiger partial charge on any atom is -0.493 e. The first-order valence-corrected chi connectivity index (χ1v) is 6.38. The van der Waals surface area contributed by atoms with Gasteiger partial charge in [-0.3, -0.25) is 4.79 Å². The molecule has 2 N–H and O–H groups in total. The quantitative estimate of drug-likeness (QED) is 0.844.